The summed E-state index contributed by atoms with van der Waals surface area (Å²) < 4.78 is 0. The van der Waals surface area contributed by atoms with Gasteiger partial charge in [0.15, 0.2) is 5.78 Å². The van der Waals surface area contributed by atoms with E-state index in [4.69, 9.17) is 11.6 Å². The molecular formula is C16H15ClN2O3. The number of phenols is 1. The van der Waals surface area contributed by atoms with Gasteiger partial charge in [-0.05, 0) is 37.6 Å². The number of carbonyl (C=O) groups is 2. The molecule has 1 amide bonds. The Morgan fingerprint density at radius 1 is 1.32 bits per heavy atom. The Morgan fingerprint density at radius 2 is 2.00 bits per heavy atom. The minimum absolute atomic E-state index is 0.0230. The second kappa shape index (κ2) is 6.15. The first-order valence-corrected chi connectivity index (χ1v) is 6.96. The van der Waals surface area contributed by atoms with Gasteiger partial charge in [0.2, 0.25) is 5.91 Å². The number of hydrogen-bond donors (Lipinski definition) is 2. The van der Waals surface area contributed by atoms with Gasteiger partial charge in [0.05, 0.1) is 22.1 Å². The molecule has 0 unspecified atom stereocenters. The summed E-state index contributed by atoms with van der Waals surface area (Å²) in [6, 6.07) is 1.52. The molecule has 1 aromatic carbocycles. The molecule has 0 radical (unpaired) electrons. The van der Waals surface area contributed by atoms with Crippen LogP contribution in [0.15, 0.2) is 34.3 Å². The molecule has 2 rings (SSSR count). The maximum Gasteiger partial charge on any atom is 0.221 e. The Balaban J connectivity index is 2.57. The van der Waals surface area contributed by atoms with Crippen molar-refractivity contribution in [1.29, 1.82) is 0 Å². The lowest BCUT2D eigenvalue weighted by Gasteiger charge is -2.15. The van der Waals surface area contributed by atoms with Gasteiger partial charge in [-0.15, -0.1) is 0 Å². The van der Waals surface area contributed by atoms with E-state index in [1.807, 2.05) is 0 Å². The third-order valence-electron chi connectivity index (χ3n) is 3.17. The highest BCUT2D eigenvalue weighted by atomic mass is 35.5. The number of rotatable bonds is 2. The molecule has 0 aliphatic heterocycles. The predicted octanol–water partition coefficient (Wildman–Crippen LogP) is 3.30. The predicted molar refractivity (Wildman–Crippen MR) is 87.1 cm³/mol. The number of nitrogens with one attached hydrogen (secondary N) is 1. The summed E-state index contributed by atoms with van der Waals surface area (Å²) >= 11 is 6.03. The van der Waals surface area contributed by atoms with Crippen molar-refractivity contribution in [3.8, 4) is 5.75 Å². The van der Waals surface area contributed by atoms with Crippen LogP contribution in [0.4, 0.5) is 11.4 Å². The van der Waals surface area contributed by atoms with Gasteiger partial charge in [-0.1, -0.05) is 11.6 Å². The summed E-state index contributed by atoms with van der Waals surface area (Å²) in [5.74, 6) is -0.505. The summed E-state index contributed by atoms with van der Waals surface area (Å²) in [5, 5.41) is 12.8. The number of phenolic OH excluding ortho intramolecular Hbond substituents is 1. The van der Waals surface area contributed by atoms with Crippen molar-refractivity contribution in [3.63, 3.8) is 0 Å². The highest BCUT2D eigenvalue weighted by molar-refractivity contribution is 6.48. The minimum atomic E-state index is -0.290. The van der Waals surface area contributed by atoms with Gasteiger partial charge >= 0.3 is 0 Å². The van der Waals surface area contributed by atoms with Gasteiger partial charge < -0.3 is 10.4 Å². The number of anilines is 1. The molecule has 6 heteroatoms. The van der Waals surface area contributed by atoms with Gasteiger partial charge in [0, 0.05) is 18.6 Å². The maximum atomic E-state index is 11.3. The van der Waals surface area contributed by atoms with Crippen molar-refractivity contribution in [1.82, 2.24) is 0 Å². The highest BCUT2D eigenvalue weighted by Crippen LogP contribution is 2.37. The molecule has 0 saturated carbocycles. The number of benzene rings is 1. The third-order valence-corrected chi connectivity index (χ3v) is 3.47. The Bertz CT molecular complexity index is 761. The van der Waals surface area contributed by atoms with Crippen LogP contribution in [0.1, 0.15) is 18.1 Å². The normalized spacial score (nSPS) is 15.9. The Morgan fingerprint density at radius 3 is 2.59 bits per heavy atom. The van der Waals surface area contributed by atoms with E-state index in [0.717, 1.165) is 5.56 Å². The van der Waals surface area contributed by atoms with Gasteiger partial charge in [-0.25, -0.2) is 4.99 Å². The number of hydrogen-bond acceptors (Lipinski definition) is 4. The molecule has 22 heavy (non-hydrogen) atoms. The number of ketones is 1. The second-order valence-corrected chi connectivity index (χ2v) is 5.37. The van der Waals surface area contributed by atoms with Crippen LogP contribution < -0.4 is 5.32 Å². The molecular weight excluding hydrogens is 304 g/mol. The Labute approximate surface area is 133 Å². The van der Waals surface area contributed by atoms with Gasteiger partial charge in [-0.3, -0.25) is 9.59 Å². The number of allylic oxidation sites excluding steroid dienone is 4. The van der Waals surface area contributed by atoms with E-state index < -0.39 is 0 Å². The van der Waals surface area contributed by atoms with Crippen LogP contribution in [-0.2, 0) is 9.59 Å². The number of carbonyl (C=O) groups excluding carboxylic acids is 2. The van der Waals surface area contributed by atoms with Crippen molar-refractivity contribution in [2.45, 2.75) is 20.8 Å². The fourth-order valence-corrected chi connectivity index (χ4v) is 2.37. The molecule has 0 atom stereocenters. The van der Waals surface area contributed by atoms with Gasteiger partial charge in [-0.2, -0.15) is 0 Å². The van der Waals surface area contributed by atoms with Crippen LogP contribution in [-0.4, -0.2) is 22.5 Å². The largest absolute Gasteiger partial charge is 0.506 e. The van der Waals surface area contributed by atoms with Crippen LogP contribution in [0.3, 0.4) is 0 Å². The van der Waals surface area contributed by atoms with E-state index >= 15 is 0 Å². The van der Waals surface area contributed by atoms with Gasteiger partial charge in [0.1, 0.15) is 5.75 Å². The summed E-state index contributed by atoms with van der Waals surface area (Å²) in [6.45, 7) is 4.89. The molecule has 1 aliphatic rings. The number of aryl methyl sites for hydroxylation is 1. The lowest BCUT2D eigenvalue weighted by Crippen LogP contribution is -2.08. The van der Waals surface area contributed by atoms with E-state index in [1.165, 1.54) is 31.2 Å². The minimum Gasteiger partial charge on any atom is -0.506 e. The van der Waals surface area contributed by atoms with E-state index in [-0.39, 0.29) is 22.5 Å². The molecule has 0 aromatic heterocycles. The summed E-state index contributed by atoms with van der Waals surface area (Å²) in [7, 11) is 0. The summed E-state index contributed by atoms with van der Waals surface area (Å²) in [5.41, 5.74) is 2.70. The quantitative estimate of drug-likeness (QED) is 0.648. The van der Waals surface area contributed by atoms with Gasteiger partial charge in [0.25, 0.3) is 0 Å². The lowest BCUT2D eigenvalue weighted by molar-refractivity contribution is -0.114. The van der Waals surface area contributed by atoms with Crippen LogP contribution >= 0.6 is 11.6 Å². The number of nitrogens with zero attached hydrogens (tertiary/aromatic N) is 1. The smallest absolute Gasteiger partial charge is 0.221 e. The molecule has 0 bridgehead atoms. The molecule has 5 nitrogen and oxygen atoms in total. The van der Waals surface area contributed by atoms with Crippen molar-refractivity contribution in [2.24, 2.45) is 4.99 Å². The molecule has 0 heterocycles. The number of halogens is 1. The first-order valence-electron chi connectivity index (χ1n) is 6.58. The summed E-state index contributed by atoms with van der Waals surface area (Å²) in [6.07, 6.45) is 4.21. The molecule has 114 valence electrons. The zero-order chi connectivity index (χ0) is 16.4. The van der Waals surface area contributed by atoms with Crippen molar-refractivity contribution in [2.75, 3.05) is 5.32 Å². The topological polar surface area (TPSA) is 78.8 Å². The fourth-order valence-electron chi connectivity index (χ4n) is 2.16. The summed E-state index contributed by atoms with van der Waals surface area (Å²) in [4.78, 5) is 27.0. The van der Waals surface area contributed by atoms with Crippen LogP contribution in [0, 0.1) is 13.8 Å². The average Bonchev–Trinajstić information content (AvgIpc) is 2.41. The van der Waals surface area contributed by atoms with Crippen molar-refractivity contribution < 1.29 is 14.7 Å². The van der Waals surface area contributed by atoms with Crippen LogP contribution in [0.2, 0.25) is 0 Å². The molecule has 1 aliphatic carbocycles. The van der Waals surface area contributed by atoms with Crippen LogP contribution in [0.5, 0.6) is 5.75 Å². The monoisotopic (exact) mass is 318 g/mol. The zero-order valence-corrected chi connectivity index (χ0v) is 13.2. The van der Waals surface area contributed by atoms with E-state index in [9.17, 15) is 14.7 Å². The average molecular weight is 319 g/mol. The first kappa shape index (κ1) is 16.0. The molecule has 0 spiro atoms. The van der Waals surface area contributed by atoms with E-state index in [2.05, 4.69) is 10.3 Å². The number of aliphatic imine (C=N–C) groups is 1. The number of amides is 1. The second-order valence-electron chi connectivity index (χ2n) is 4.97. The Hall–Kier alpha value is -2.40. The molecule has 0 fully saturated rings. The first-order chi connectivity index (χ1) is 10.3. The van der Waals surface area contributed by atoms with E-state index in [1.54, 1.807) is 13.8 Å². The van der Waals surface area contributed by atoms with Crippen LogP contribution in [0.25, 0.3) is 0 Å². The molecule has 2 N–H and O–H groups in total. The maximum absolute atomic E-state index is 11.3. The zero-order valence-electron chi connectivity index (χ0n) is 12.4. The number of aromatic hydroxyl groups is 1. The molecule has 0 saturated heterocycles. The molecule has 1 aromatic rings. The van der Waals surface area contributed by atoms with Crippen molar-refractivity contribution >= 4 is 40.4 Å². The fraction of sp³-hybridized carbons (Fsp3) is 0.188. The van der Waals surface area contributed by atoms with E-state index in [0.29, 0.717) is 22.6 Å². The third kappa shape index (κ3) is 3.26. The lowest BCUT2D eigenvalue weighted by atomic mass is 10.0. The highest BCUT2D eigenvalue weighted by Gasteiger charge is 2.16. The SMILES string of the molecule is CC(=O)Nc1c(O)cc(C)c(N=C2C=CC(=O)C=C2Cl)c1C. The van der Waals surface area contributed by atoms with Crippen molar-refractivity contribution in [3.05, 3.63) is 40.5 Å². The Kier molecular flexibility index (Phi) is 4.47. The standard InChI is InChI=1S/C16H15ClN2O3/c1-8-6-14(22)16(18-10(3)20)9(2)15(8)19-13-5-4-11(21)7-12(13)17/h4-7,22H,1-3H3,(H,18,20).